The molecule has 0 radical (unpaired) electrons. The third kappa shape index (κ3) is 4.43. The number of rotatable bonds is 5. The Kier molecular flexibility index (Phi) is 4.92. The van der Waals surface area contributed by atoms with Crippen molar-refractivity contribution >= 4 is 28.8 Å². The Balaban J connectivity index is 2.50. The van der Waals surface area contributed by atoms with Crippen molar-refractivity contribution in [1.29, 1.82) is 0 Å². The summed E-state index contributed by atoms with van der Waals surface area (Å²) in [5.74, 6) is -0.918. The average Bonchev–Trinajstić information content (AvgIpc) is 2.47. The standard InChI is InChI=1S/C17H20N4O4/c1-10-5-6-11(21(24)25)9-13(10)19-12-7-8-18-15(14(12)16(22)23)20-17(2,3)4/h5-9H,1-4H3,(H,22,23)(H2,18,19,20). The van der Waals surface area contributed by atoms with Crippen molar-refractivity contribution in [2.24, 2.45) is 0 Å². The van der Waals surface area contributed by atoms with E-state index in [2.05, 4.69) is 15.6 Å². The molecule has 0 spiro atoms. The third-order valence-corrected chi connectivity index (χ3v) is 3.36. The van der Waals surface area contributed by atoms with Gasteiger partial charge < -0.3 is 15.7 Å². The third-order valence-electron chi connectivity index (χ3n) is 3.36. The molecule has 0 bridgehead atoms. The molecule has 0 saturated heterocycles. The van der Waals surface area contributed by atoms with Crippen LogP contribution in [0.3, 0.4) is 0 Å². The number of aromatic carboxylic acids is 1. The number of benzene rings is 1. The molecule has 3 N–H and O–H groups in total. The number of nitrogens with zero attached hydrogens (tertiary/aromatic N) is 2. The number of carbonyl (C=O) groups is 1. The summed E-state index contributed by atoms with van der Waals surface area (Å²) in [5.41, 5.74) is 1.04. The van der Waals surface area contributed by atoms with Crippen LogP contribution in [-0.4, -0.2) is 26.5 Å². The van der Waals surface area contributed by atoms with E-state index >= 15 is 0 Å². The molecule has 1 aromatic heterocycles. The van der Waals surface area contributed by atoms with Crippen molar-refractivity contribution in [3.05, 3.63) is 51.7 Å². The highest BCUT2D eigenvalue weighted by Gasteiger charge is 2.21. The van der Waals surface area contributed by atoms with E-state index in [4.69, 9.17) is 0 Å². The van der Waals surface area contributed by atoms with Crippen LogP contribution in [0, 0.1) is 17.0 Å². The predicted molar refractivity (Wildman–Crippen MR) is 95.7 cm³/mol. The SMILES string of the molecule is Cc1ccc([N+](=O)[O-])cc1Nc1ccnc(NC(C)(C)C)c1C(=O)O. The molecule has 0 amide bonds. The molecular formula is C17H20N4O4. The highest BCUT2D eigenvalue weighted by Crippen LogP contribution is 2.30. The number of hydrogen-bond donors (Lipinski definition) is 3. The van der Waals surface area contributed by atoms with E-state index in [0.29, 0.717) is 11.4 Å². The summed E-state index contributed by atoms with van der Waals surface area (Å²) in [5, 5.41) is 26.6. The van der Waals surface area contributed by atoms with Crippen LogP contribution in [0.15, 0.2) is 30.5 Å². The molecule has 0 saturated carbocycles. The Labute approximate surface area is 145 Å². The molecule has 0 unspecified atom stereocenters. The molecule has 0 atom stereocenters. The lowest BCUT2D eigenvalue weighted by Crippen LogP contribution is -2.28. The highest BCUT2D eigenvalue weighted by molar-refractivity contribution is 6.00. The molecule has 0 aliphatic carbocycles. The Morgan fingerprint density at radius 2 is 1.92 bits per heavy atom. The second-order valence-corrected chi connectivity index (χ2v) is 6.64. The summed E-state index contributed by atoms with van der Waals surface area (Å²) in [6, 6.07) is 5.90. The Morgan fingerprint density at radius 1 is 1.24 bits per heavy atom. The van der Waals surface area contributed by atoms with Crippen molar-refractivity contribution in [2.75, 3.05) is 10.6 Å². The van der Waals surface area contributed by atoms with E-state index in [1.54, 1.807) is 13.0 Å². The molecule has 25 heavy (non-hydrogen) atoms. The Morgan fingerprint density at radius 3 is 2.48 bits per heavy atom. The number of pyridine rings is 1. The normalized spacial score (nSPS) is 11.0. The zero-order chi connectivity index (χ0) is 18.8. The van der Waals surface area contributed by atoms with E-state index in [1.807, 2.05) is 20.8 Å². The zero-order valence-corrected chi connectivity index (χ0v) is 14.5. The van der Waals surface area contributed by atoms with Gasteiger partial charge in [0.15, 0.2) is 0 Å². The number of nitrogens with one attached hydrogen (secondary N) is 2. The first-order valence-corrected chi connectivity index (χ1v) is 7.61. The zero-order valence-electron chi connectivity index (χ0n) is 14.5. The number of non-ortho nitro benzene ring substituents is 1. The number of carboxylic acids is 1. The number of anilines is 3. The fourth-order valence-corrected chi connectivity index (χ4v) is 2.24. The van der Waals surface area contributed by atoms with E-state index in [9.17, 15) is 20.0 Å². The van der Waals surface area contributed by atoms with Crippen LogP contribution in [0.4, 0.5) is 22.9 Å². The Bertz CT molecular complexity index is 828. The fourth-order valence-electron chi connectivity index (χ4n) is 2.24. The van der Waals surface area contributed by atoms with Crippen molar-refractivity contribution in [3.8, 4) is 0 Å². The second-order valence-electron chi connectivity index (χ2n) is 6.64. The smallest absolute Gasteiger partial charge is 0.341 e. The minimum atomic E-state index is -1.15. The molecule has 8 nitrogen and oxygen atoms in total. The molecular weight excluding hydrogens is 324 g/mol. The van der Waals surface area contributed by atoms with Gasteiger partial charge in [-0.05, 0) is 39.3 Å². The first-order valence-electron chi connectivity index (χ1n) is 7.61. The number of nitro groups is 1. The molecule has 1 heterocycles. The number of aromatic nitrogens is 1. The minimum absolute atomic E-state index is 0.0247. The highest BCUT2D eigenvalue weighted by atomic mass is 16.6. The topological polar surface area (TPSA) is 117 Å². The summed E-state index contributed by atoms with van der Waals surface area (Å²) < 4.78 is 0. The van der Waals surface area contributed by atoms with Gasteiger partial charge in [-0.3, -0.25) is 10.1 Å². The lowest BCUT2D eigenvalue weighted by Gasteiger charge is -2.23. The molecule has 132 valence electrons. The van der Waals surface area contributed by atoms with Crippen molar-refractivity contribution in [1.82, 2.24) is 4.98 Å². The quantitative estimate of drug-likeness (QED) is 0.555. The van der Waals surface area contributed by atoms with Gasteiger partial charge in [-0.25, -0.2) is 9.78 Å². The molecule has 2 rings (SSSR count). The summed E-state index contributed by atoms with van der Waals surface area (Å²) in [6.07, 6.45) is 1.48. The maximum atomic E-state index is 11.8. The van der Waals surface area contributed by atoms with Gasteiger partial charge in [-0.1, -0.05) is 6.07 Å². The number of hydrogen-bond acceptors (Lipinski definition) is 6. The maximum absolute atomic E-state index is 11.8. The van der Waals surface area contributed by atoms with Gasteiger partial charge in [0.2, 0.25) is 0 Å². The van der Waals surface area contributed by atoms with Crippen molar-refractivity contribution < 1.29 is 14.8 Å². The summed E-state index contributed by atoms with van der Waals surface area (Å²) in [7, 11) is 0. The molecule has 8 heteroatoms. The number of carboxylic acid groups (broad SMARTS) is 1. The summed E-state index contributed by atoms with van der Waals surface area (Å²) in [6.45, 7) is 7.46. The van der Waals surface area contributed by atoms with Gasteiger partial charge in [0, 0.05) is 29.6 Å². The van der Waals surface area contributed by atoms with Crippen LogP contribution < -0.4 is 10.6 Å². The largest absolute Gasteiger partial charge is 0.477 e. The fraction of sp³-hybridized carbons (Fsp3) is 0.294. The monoisotopic (exact) mass is 344 g/mol. The van der Waals surface area contributed by atoms with E-state index < -0.39 is 10.9 Å². The number of nitro benzene ring substituents is 1. The van der Waals surface area contributed by atoms with Crippen molar-refractivity contribution in [2.45, 2.75) is 33.2 Å². The van der Waals surface area contributed by atoms with Crippen LogP contribution in [0.1, 0.15) is 36.7 Å². The van der Waals surface area contributed by atoms with Crippen molar-refractivity contribution in [3.63, 3.8) is 0 Å². The summed E-state index contributed by atoms with van der Waals surface area (Å²) >= 11 is 0. The molecule has 0 fully saturated rings. The first kappa shape index (κ1) is 18.2. The van der Waals surface area contributed by atoms with Gasteiger partial charge in [0.05, 0.1) is 10.6 Å². The molecule has 0 aliphatic heterocycles. The molecule has 2 aromatic rings. The van der Waals surface area contributed by atoms with Crippen LogP contribution in [-0.2, 0) is 0 Å². The van der Waals surface area contributed by atoms with Crippen LogP contribution >= 0.6 is 0 Å². The lowest BCUT2D eigenvalue weighted by molar-refractivity contribution is -0.384. The first-order chi connectivity index (χ1) is 11.6. The lowest BCUT2D eigenvalue weighted by atomic mass is 10.1. The summed E-state index contributed by atoms with van der Waals surface area (Å²) in [4.78, 5) is 26.3. The maximum Gasteiger partial charge on any atom is 0.341 e. The number of aryl methyl sites for hydroxylation is 1. The van der Waals surface area contributed by atoms with E-state index in [1.165, 1.54) is 24.4 Å². The van der Waals surface area contributed by atoms with E-state index in [0.717, 1.165) is 5.56 Å². The van der Waals surface area contributed by atoms with Crippen LogP contribution in [0.2, 0.25) is 0 Å². The van der Waals surface area contributed by atoms with Crippen LogP contribution in [0.5, 0.6) is 0 Å². The van der Waals surface area contributed by atoms with Gasteiger partial charge in [-0.2, -0.15) is 0 Å². The second kappa shape index (κ2) is 6.76. The molecule has 1 aromatic carbocycles. The van der Waals surface area contributed by atoms with E-state index in [-0.39, 0.29) is 22.6 Å². The van der Waals surface area contributed by atoms with Gasteiger partial charge in [0.1, 0.15) is 11.4 Å². The van der Waals surface area contributed by atoms with Gasteiger partial charge in [-0.15, -0.1) is 0 Å². The Hall–Kier alpha value is -3.16. The molecule has 0 aliphatic rings. The van der Waals surface area contributed by atoms with Crippen LogP contribution in [0.25, 0.3) is 0 Å². The predicted octanol–water partition coefficient (Wildman–Crippen LogP) is 3.95. The van der Waals surface area contributed by atoms with Gasteiger partial charge in [0.25, 0.3) is 5.69 Å². The average molecular weight is 344 g/mol. The van der Waals surface area contributed by atoms with Gasteiger partial charge >= 0.3 is 5.97 Å². The minimum Gasteiger partial charge on any atom is -0.477 e.